The number of halogens is 2. The molecule has 0 bridgehead atoms. The molecule has 69 valence electrons. The molecule has 2 aliphatic heterocycles. The van der Waals surface area contributed by atoms with Gasteiger partial charge in [-0.15, -0.1) is 0 Å². The summed E-state index contributed by atoms with van der Waals surface area (Å²) < 4.78 is 25.7. The van der Waals surface area contributed by atoms with Crippen LogP contribution in [0.15, 0.2) is 0 Å². The zero-order chi connectivity index (χ0) is 8.60. The highest BCUT2D eigenvalue weighted by Gasteiger charge is 2.49. The Hall–Kier alpha value is -0.220. The van der Waals surface area contributed by atoms with E-state index in [0.29, 0.717) is 6.54 Å². The van der Waals surface area contributed by atoms with Gasteiger partial charge in [0.2, 0.25) is 0 Å². The monoisotopic (exact) mass is 175 g/mol. The first-order valence-electron chi connectivity index (χ1n) is 4.51. The molecule has 0 aromatic heterocycles. The number of alkyl halides is 2. The zero-order valence-electron chi connectivity index (χ0n) is 6.97. The molecular formula is C8H13F2N2. The van der Waals surface area contributed by atoms with Crippen LogP contribution in [-0.2, 0) is 0 Å². The Balaban J connectivity index is 1.91. The van der Waals surface area contributed by atoms with Crippen molar-refractivity contribution in [1.82, 2.24) is 10.2 Å². The Labute approximate surface area is 70.9 Å². The lowest BCUT2D eigenvalue weighted by atomic mass is 10.0. The standard InChI is InChI=1S/C8H13F2N2/c9-8(10)4-6-12(8)7-3-1-2-5-11-7/h7H,1-6H2. The number of piperidine rings is 1. The van der Waals surface area contributed by atoms with E-state index in [1.54, 1.807) is 0 Å². The zero-order valence-corrected chi connectivity index (χ0v) is 6.97. The van der Waals surface area contributed by atoms with Crippen molar-refractivity contribution in [3.63, 3.8) is 0 Å². The van der Waals surface area contributed by atoms with Crippen LogP contribution < -0.4 is 5.32 Å². The van der Waals surface area contributed by atoms with E-state index in [2.05, 4.69) is 5.32 Å². The van der Waals surface area contributed by atoms with Gasteiger partial charge in [0.25, 0.3) is 0 Å². The second-order valence-corrected chi connectivity index (χ2v) is 3.49. The molecule has 2 rings (SSSR count). The quantitative estimate of drug-likeness (QED) is 0.551. The Morgan fingerprint density at radius 1 is 1.33 bits per heavy atom. The molecule has 2 fully saturated rings. The second kappa shape index (κ2) is 2.92. The number of nitrogens with zero attached hydrogens (tertiary/aromatic N) is 2. The highest BCUT2D eigenvalue weighted by atomic mass is 19.3. The van der Waals surface area contributed by atoms with Gasteiger partial charge in [-0.05, 0) is 19.3 Å². The Bertz CT molecular complexity index is 166. The summed E-state index contributed by atoms with van der Waals surface area (Å²) in [4.78, 5) is 1.23. The van der Waals surface area contributed by atoms with Gasteiger partial charge in [-0.25, -0.2) is 10.2 Å². The van der Waals surface area contributed by atoms with Crippen LogP contribution in [0.1, 0.15) is 25.7 Å². The first-order chi connectivity index (χ1) is 5.70. The highest BCUT2D eigenvalue weighted by Crippen LogP contribution is 2.36. The molecule has 2 heterocycles. The van der Waals surface area contributed by atoms with E-state index in [1.807, 2.05) is 0 Å². The SMILES string of the molecule is FC1(F)CCN1C1CCCC[N]1. The van der Waals surface area contributed by atoms with Crippen LogP contribution >= 0.6 is 0 Å². The highest BCUT2D eigenvalue weighted by molar-refractivity contribution is 4.87. The molecule has 2 saturated heterocycles. The van der Waals surface area contributed by atoms with Crippen molar-refractivity contribution in [1.29, 1.82) is 0 Å². The van der Waals surface area contributed by atoms with Gasteiger partial charge in [-0.2, -0.15) is 8.78 Å². The van der Waals surface area contributed by atoms with Crippen LogP contribution in [0.5, 0.6) is 0 Å². The molecule has 4 heteroatoms. The molecule has 0 spiro atoms. The third-order valence-corrected chi connectivity index (χ3v) is 2.64. The molecule has 2 aliphatic rings. The normalized spacial score (nSPS) is 36.0. The number of hydrogen-bond donors (Lipinski definition) is 0. The predicted molar refractivity (Wildman–Crippen MR) is 40.9 cm³/mol. The third-order valence-electron chi connectivity index (χ3n) is 2.64. The van der Waals surface area contributed by atoms with Crippen molar-refractivity contribution in [3.05, 3.63) is 0 Å². The van der Waals surface area contributed by atoms with Crippen LogP contribution in [0.4, 0.5) is 8.78 Å². The van der Waals surface area contributed by atoms with Crippen molar-refractivity contribution in [2.24, 2.45) is 0 Å². The summed E-state index contributed by atoms with van der Waals surface area (Å²) in [5, 5.41) is 4.19. The second-order valence-electron chi connectivity index (χ2n) is 3.49. The minimum absolute atomic E-state index is 0.0129. The maximum Gasteiger partial charge on any atom is 0.307 e. The molecule has 2 nitrogen and oxygen atoms in total. The van der Waals surface area contributed by atoms with Crippen LogP contribution in [0, 0.1) is 0 Å². The fraction of sp³-hybridized carbons (Fsp3) is 1.00. The van der Waals surface area contributed by atoms with Crippen molar-refractivity contribution in [2.75, 3.05) is 13.1 Å². The fourth-order valence-electron chi connectivity index (χ4n) is 1.80. The van der Waals surface area contributed by atoms with Crippen LogP contribution in [-0.4, -0.2) is 30.2 Å². The molecule has 0 aromatic carbocycles. The topological polar surface area (TPSA) is 17.3 Å². The van der Waals surface area contributed by atoms with E-state index < -0.39 is 6.05 Å². The molecule has 0 amide bonds. The third kappa shape index (κ3) is 1.33. The Morgan fingerprint density at radius 3 is 2.58 bits per heavy atom. The summed E-state index contributed by atoms with van der Waals surface area (Å²) in [6.07, 6.45) is 2.74. The van der Waals surface area contributed by atoms with Gasteiger partial charge in [0.05, 0.1) is 6.17 Å². The van der Waals surface area contributed by atoms with Crippen LogP contribution in [0.3, 0.4) is 0 Å². The largest absolute Gasteiger partial charge is 0.307 e. The lowest BCUT2D eigenvalue weighted by molar-refractivity contribution is -0.240. The van der Waals surface area contributed by atoms with E-state index in [1.165, 1.54) is 4.90 Å². The first-order valence-corrected chi connectivity index (χ1v) is 4.51. The van der Waals surface area contributed by atoms with Gasteiger partial charge in [0.15, 0.2) is 0 Å². The van der Waals surface area contributed by atoms with Gasteiger partial charge >= 0.3 is 6.05 Å². The maximum atomic E-state index is 12.9. The van der Waals surface area contributed by atoms with Crippen LogP contribution in [0.25, 0.3) is 0 Å². The molecule has 1 radical (unpaired) electrons. The summed E-state index contributed by atoms with van der Waals surface area (Å²) in [6.45, 7) is 1.28. The summed E-state index contributed by atoms with van der Waals surface area (Å²) >= 11 is 0. The minimum Gasteiger partial charge on any atom is -0.227 e. The number of likely N-dealkylation sites (tertiary alicyclic amines) is 1. The van der Waals surface area contributed by atoms with Gasteiger partial charge in [0, 0.05) is 19.5 Å². The predicted octanol–water partition coefficient (Wildman–Crippen LogP) is 1.40. The van der Waals surface area contributed by atoms with E-state index in [0.717, 1.165) is 25.8 Å². The molecular weight excluding hydrogens is 162 g/mol. The van der Waals surface area contributed by atoms with Gasteiger partial charge < -0.3 is 0 Å². The summed E-state index contributed by atoms with van der Waals surface area (Å²) in [5.74, 6) is 0. The molecule has 0 aromatic rings. The molecule has 0 aliphatic carbocycles. The van der Waals surface area contributed by atoms with Crippen molar-refractivity contribution >= 4 is 0 Å². The molecule has 0 N–H and O–H groups in total. The molecule has 1 atom stereocenters. The van der Waals surface area contributed by atoms with E-state index in [9.17, 15) is 8.78 Å². The average molecular weight is 175 g/mol. The fourth-order valence-corrected chi connectivity index (χ4v) is 1.80. The first kappa shape index (κ1) is 8.38. The lowest BCUT2D eigenvalue weighted by Gasteiger charge is -2.46. The van der Waals surface area contributed by atoms with Crippen molar-refractivity contribution in [2.45, 2.75) is 37.9 Å². The Morgan fingerprint density at radius 2 is 2.17 bits per heavy atom. The molecule has 1 unspecified atom stereocenters. The molecule has 12 heavy (non-hydrogen) atoms. The van der Waals surface area contributed by atoms with Gasteiger partial charge in [0.1, 0.15) is 0 Å². The van der Waals surface area contributed by atoms with Crippen LogP contribution in [0.2, 0.25) is 0 Å². The van der Waals surface area contributed by atoms with E-state index >= 15 is 0 Å². The number of rotatable bonds is 1. The maximum absolute atomic E-state index is 12.9. The summed E-state index contributed by atoms with van der Waals surface area (Å²) in [5.41, 5.74) is 0. The lowest BCUT2D eigenvalue weighted by Crippen LogP contribution is -2.61. The Kier molecular flexibility index (Phi) is 2.04. The minimum atomic E-state index is -2.56. The van der Waals surface area contributed by atoms with Crippen molar-refractivity contribution < 1.29 is 8.78 Å². The van der Waals surface area contributed by atoms with Gasteiger partial charge in [-0.1, -0.05) is 0 Å². The number of hydrogen-bond acceptors (Lipinski definition) is 1. The summed E-state index contributed by atoms with van der Waals surface area (Å²) in [7, 11) is 0. The smallest absolute Gasteiger partial charge is 0.227 e. The van der Waals surface area contributed by atoms with E-state index in [4.69, 9.17) is 0 Å². The average Bonchev–Trinajstić information content (AvgIpc) is 2.05. The summed E-state index contributed by atoms with van der Waals surface area (Å²) in [6, 6.07) is -2.56. The molecule has 0 saturated carbocycles. The van der Waals surface area contributed by atoms with Gasteiger partial charge in [-0.3, -0.25) is 0 Å². The van der Waals surface area contributed by atoms with Crippen molar-refractivity contribution in [3.8, 4) is 0 Å². The van der Waals surface area contributed by atoms with E-state index in [-0.39, 0.29) is 12.6 Å².